The quantitative estimate of drug-likeness (QED) is 0.802. The van der Waals surface area contributed by atoms with Gasteiger partial charge in [0.15, 0.2) is 0 Å². The molecule has 2 aromatic rings. The fraction of sp³-hybridized carbons (Fsp3) is 0.167. The van der Waals surface area contributed by atoms with Crippen molar-refractivity contribution in [1.82, 2.24) is 15.1 Å². The summed E-state index contributed by atoms with van der Waals surface area (Å²) in [6.45, 7) is -0.0335. The normalized spacial score (nSPS) is 11.2. The average molecular weight is 294 g/mol. The minimum absolute atomic E-state index is 0.0335. The van der Waals surface area contributed by atoms with Crippen molar-refractivity contribution in [1.29, 1.82) is 0 Å². The molecule has 3 N–H and O–H groups in total. The Bertz CT molecular complexity index is 695. The van der Waals surface area contributed by atoms with E-state index in [1.165, 1.54) is 6.20 Å². The van der Waals surface area contributed by atoms with Gasteiger partial charge in [-0.25, -0.2) is 18.2 Å². The molecule has 8 heteroatoms. The van der Waals surface area contributed by atoms with Gasteiger partial charge in [-0.15, -0.1) is 0 Å². The van der Waals surface area contributed by atoms with E-state index in [9.17, 15) is 13.2 Å². The molecular formula is C12H14N4O3S. The zero-order valence-corrected chi connectivity index (χ0v) is 11.4. The molecule has 1 heterocycles. The van der Waals surface area contributed by atoms with Crippen LogP contribution >= 0.6 is 0 Å². The number of carbonyl (C=O) groups excluding carboxylic acids is 1. The van der Waals surface area contributed by atoms with E-state index in [2.05, 4.69) is 10.4 Å². The van der Waals surface area contributed by atoms with Gasteiger partial charge in [0.1, 0.15) is 0 Å². The zero-order valence-electron chi connectivity index (χ0n) is 10.6. The van der Waals surface area contributed by atoms with E-state index >= 15 is 0 Å². The van der Waals surface area contributed by atoms with Gasteiger partial charge in [0, 0.05) is 12.7 Å². The monoisotopic (exact) mass is 294 g/mol. The largest absolute Gasteiger partial charge is 0.351 e. The summed E-state index contributed by atoms with van der Waals surface area (Å²) in [5.41, 5.74) is 1.18. The molecule has 0 saturated heterocycles. The van der Waals surface area contributed by atoms with Gasteiger partial charge in [-0.05, 0) is 12.1 Å². The Balaban J connectivity index is 2.00. The Morgan fingerprint density at radius 3 is 2.65 bits per heavy atom. The third kappa shape index (κ3) is 3.90. The highest BCUT2D eigenvalue weighted by Gasteiger charge is 2.10. The molecule has 0 atom stereocenters. The van der Waals surface area contributed by atoms with Crippen molar-refractivity contribution in [2.24, 2.45) is 5.14 Å². The molecule has 20 heavy (non-hydrogen) atoms. The molecule has 1 aromatic carbocycles. The lowest BCUT2D eigenvalue weighted by molar-refractivity contribution is 0.0956. The summed E-state index contributed by atoms with van der Waals surface area (Å²) in [5, 5.41) is 11.4. The van der Waals surface area contributed by atoms with Gasteiger partial charge in [-0.1, -0.05) is 18.2 Å². The second-order valence-electron chi connectivity index (χ2n) is 4.13. The van der Waals surface area contributed by atoms with Crippen molar-refractivity contribution in [2.45, 2.75) is 0 Å². The lowest BCUT2D eigenvalue weighted by atomic mass is 10.3. The number of rotatable bonds is 5. The maximum atomic E-state index is 11.8. The molecule has 0 bridgehead atoms. The molecule has 0 unspecified atom stereocenters. The van der Waals surface area contributed by atoms with Gasteiger partial charge in [0.05, 0.1) is 23.2 Å². The molecule has 106 valence electrons. The van der Waals surface area contributed by atoms with Crippen molar-refractivity contribution in [3.8, 4) is 5.69 Å². The second-order valence-corrected chi connectivity index (χ2v) is 5.87. The summed E-state index contributed by atoms with van der Waals surface area (Å²) in [7, 11) is -3.58. The minimum atomic E-state index is -3.58. The van der Waals surface area contributed by atoms with Crippen LogP contribution in [-0.2, 0) is 10.0 Å². The summed E-state index contributed by atoms with van der Waals surface area (Å²) in [5.74, 6) is -0.693. The van der Waals surface area contributed by atoms with Crippen molar-refractivity contribution >= 4 is 15.9 Å². The molecule has 7 nitrogen and oxygen atoms in total. The first kappa shape index (κ1) is 14.2. The van der Waals surface area contributed by atoms with E-state index in [1.807, 2.05) is 30.3 Å². The Hall–Kier alpha value is -2.19. The highest BCUT2D eigenvalue weighted by Crippen LogP contribution is 2.07. The first-order chi connectivity index (χ1) is 9.46. The lowest BCUT2D eigenvalue weighted by Gasteiger charge is -2.02. The van der Waals surface area contributed by atoms with Crippen LogP contribution in [0.25, 0.3) is 5.69 Å². The number of primary sulfonamides is 1. The summed E-state index contributed by atoms with van der Waals surface area (Å²) >= 11 is 0. The predicted octanol–water partition coefficient (Wildman–Crippen LogP) is -0.109. The number of nitrogens with two attached hydrogens (primary N) is 1. The van der Waals surface area contributed by atoms with Crippen molar-refractivity contribution in [2.75, 3.05) is 12.3 Å². The van der Waals surface area contributed by atoms with E-state index in [0.29, 0.717) is 5.56 Å². The number of hydrogen-bond acceptors (Lipinski definition) is 4. The van der Waals surface area contributed by atoms with Crippen LogP contribution in [0, 0.1) is 0 Å². The van der Waals surface area contributed by atoms with Crippen LogP contribution < -0.4 is 10.5 Å². The average Bonchev–Trinajstić information content (AvgIpc) is 2.88. The first-order valence-electron chi connectivity index (χ1n) is 5.84. The van der Waals surface area contributed by atoms with Crippen LogP contribution in [0.3, 0.4) is 0 Å². The topological polar surface area (TPSA) is 107 Å². The third-order valence-electron chi connectivity index (χ3n) is 2.54. The second kappa shape index (κ2) is 5.85. The maximum Gasteiger partial charge on any atom is 0.254 e. The van der Waals surface area contributed by atoms with Crippen LogP contribution in [0.5, 0.6) is 0 Å². The smallest absolute Gasteiger partial charge is 0.254 e. The Labute approximate surface area is 116 Å². The summed E-state index contributed by atoms with van der Waals surface area (Å²) in [6, 6.07) is 9.32. The van der Waals surface area contributed by atoms with Crippen molar-refractivity contribution < 1.29 is 13.2 Å². The summed E-state index contributed by atoms with van der Waals surface area (Å²) in [6.07, 6.45) is 2.99. The highest BCUT2D eigenvalue weighted by molar-refractivity contribution is 7.89. The molecule has 0 saturated carbocycles. The zero-order chi connectivity index (χ0) is 14.6. The number of amides is 1. The number of carbonyl (C=O) groups is 1. The van der Waals surface area contributed by atoms with Crippen LogP contribution in [-0.4, -0.2) is 36.4 Å². The molecule has 0 aliphatic rings. The lowest BCUT2D eigenvalue weighted by Crippen LogP contribution is -2.31. The third-order valence-corrected chi connectivity index (χ3v) is 3.31. The van der Waals surface area contributed by atoms with Gasteiger partial charge in [0.2, 0.25) is 10.0 Å². The van der Waals surface area contributed by atoms with Gasteiger partial charge in [0.25, 0.3) is 5.91 Å². The molecule has 0 aliphatic heterocycles. The molecule has 0 radical (unpaired) electrons. The van der Waals surface area contributed by atoms with Crippen molar-refractivity contribution in [3.05, 3.63) is 48.3 Å². The Morgan fingerprint density at radius 1 is 1.30 bits per heavy atom. The highest BCUT2D eigenvalue weighted by atomic mass is 32.2. The van der Waals surface area contributed by atoms with Gasteiger partial charge in [-0.2, -0.15) is 5.10 Å². The number of aromatic nitrogens is 2. The minimum Gasteiger partial charge on any atom is -0.351 e. The number of benzene rings is 1. The van der Waals surface area contributed by atoms with E-state index in [-0.39, 0.29) is 12.3 Å². The van der Waals surface area contributed by atoms with E-state index in [1.54, 1.807) is 10.9 Å². The number of hydrogen-bond donors (Lipinski definition) is 2. The first-order valence-corrected chi connectivity index (χ1v) is 7.56. The number of nitrogens with zero attached hydrogens (tertiary/aromatic N) is 2. The van der Waals surface area contributed by atoms with E-state index < -0.39 is 15.9 Å². The summed E-state index contributed by atoms with van der Waals surface area (Å²) in [4.78, 5) is 11.8. The number of sulfonamides is 1. The summed E-state index contributed by atoms with van der Waals surface area (Å²) < 4.78 is 23.1. The fourth-order valence-corrected chi connectivity index (χ4v) is 1.96. The SMILES string of the molecule is NS(=O)(=O)CCNC(=O)c1cnn(-c2ccccc2)c1. The van der Waals surface area contributed by atoms with Gasteiger partial charge >= 0.3 is 0 Å². The van der Waals surface area contributed by atoms with Crippen molar-refractivity contribution in [3.63, 3.8) is 0 Å². The Morgan fingerprint density at radius 2 is 2.00 bits per heavy atom. The molecular weight excluding hydrogens is 280 g/mol. The predicted molar refractivity (Wildman–Crippen MR) is 73.9 cm³/mol. The van der Waals surface area contributed by atoms with Crippen LogP contribution in [0.2, 0.25) is 0 Å². The molecule has 0 spiro atoms. The van der Waals surface area contributed by atoms with Crippen LogP contribution in [0.4, 0.5) is 0 Å². The molecule has 1 amide bonds. The van der Waals surface area contributed by atoms with Crippen LogP contribution in [0.15, 0.2) is 42.7 Å². The molecule has 0 fully saturated rings. The molecule has 1 aromatic heterocycles. The standard InChI is InChI=1S/C12H14N4O3S/c13-20(18,19)7-6-14-12(17)10-8-15-16(9-10)11-4-2-1-3-5-11/h1-5,8-9H,6-7H2,(H,14,17)(H2,13,18,19). The van der Waals surface area contributed by atoms with E-state index in [0.717, 1.165) is 5.69 Å². The van der Waals surface area contributed by atoms with E-state index in [4.69, 9.17) is 5.14 Å². The van der Waals surface area contributed by atoms with Crippen LogP contribution in [0.1, 0.15) is 10.4 Å². The maximum absolute atomic E-state index is 11.8. The fourth-order valence-electron chi connectivity index (χ4n) is 1.57. The van der Waals surface area contributed by atoms with Gasteiger partial charge < -0.3 is 5.32 Å². The number of para-hydroxylation sites is 1. The molecule has 2 rings (SSSR count). The Kier molecular flexibility index (Phi) is 4.16. The van der Waals surface area contributed by atoms with Gasteiger partial charge in [-0.3, -0.25) is 4.79 Å². The number of nitrogens with one attached hydrogen (secondary N) is 1. The molecule has 0 aliphatic carbocycles.